The van der Waals surface area contributed by atoms with Crippen LogP contribution in [0.3, 0.4) is 0 Å². The van der Waals surface area contributed by atoms with Gasteiger partial charge in [0.25, 0.3) is 0 Å². The lowest BCUT2D eigenvalue weighted by molar-refractivity contribution is 1.26. The highest BCUT2D eigenvalue weighted by molar-refractivity contribution is 6.05. The third-order valence-corrected chi connectivity index (χ3v) is 7.38. The molecule has 0 aliphatic heterocycles. The van der Waals surface area contributed by atoms with Gasteiger partial charge in [-0.2, -0.15) is 0 Å². The number of para-hydroxylation sites is 2. The van der Waals surface area contributed by atoms with Gasteiger partial charge in [-0.3, -0.25) is 0 Å². The third-order valence-electron chi connectivity index (χ3n) is 7.38. The van der Waals surface area contributed by atoms with Crippen molar-refractivity contribution in [2.24, 2.45) is 0 Å². The summed E-state index contributed by atoms with van der Waals surface area (Å²) in [7, 11) is 1.99. The van der Waals surface area contributed by atoms with Crippen LogP contribution in [0, 0.1) is 6.92 Å². The summed E-state index contributed by atoms with van der Waals surface area (Å²) >= 11 is 0. The molecule has 0 aromatic heterocycles. The number of benzene rings is 5. The SMILES string of the molecule is CNc1ccc(C(=C2C=CCC=C2)c2ccc(N(c3ccccc3)c3ccccc3)cc2C)c2ccccc12. The molecule has 39 heavy (non-hydrogen) atoms. The molecule has 0 unspecified atom stereocenters. The molecule has 1 aliphatic rings. The van der Waals surface area contributed by atoms with E-state index in [2.05, 4.69) is 157 Å². The Labute approximate surface area is 231 Å². The van der Waals surface area contributed by atoms with Gasteiger partial charge in [-0.15, -0.1) is 0 Å². The van der Waals surface area contributed by atoms with Gasteiger partial charge >= 0.3 is 0 Å². The Morgan fingerprint density at radius 1 is 0.615 bits per heavy atom. The minimum absolute atomic E-state index is 0.969. The molecule has 0 bridgehead atoms. The zero-order valence-corrected chi connectivity index (χ0v) is 22.4. The largest absolute Gasteiger partial charge is 0.388 e. The maximum Gasteiger partial charge on any atom is 0.0464 e. The number of rotatable bonds is 6. The minimum Gasteiger partial charge on any atom is -0.388 e. The Hall–Kier alpha value is -4.82. The van der Waals surface area contributed by atoms with Crippen LogP contribution in [0.1, 0.15) is 23.1 Å². The molecule has 2 heteroatoms. The van der Waals surface area contributed by atoms with Gasteiger partial charge in [-0.1, -0.05) is 97.1 Å². The topological polar surface area (TPSA) is 15.3 Å². The molecular formula is C37H32N2. The fourth-order valence-electron chi connectivity index (χ4n) is 5.55. The van der Waals surface area contributed by atoms with Crippen molar-refractivity contribution in [2.45, 2.75) is 13.3 Å². The first-order chi connectivity index (χ1) is 19.2. The van der Waals surface area contributed by atoms with Gasteiger partial charge in [0.05, 0.1) is 0 Å². The van der Waals surface area contributed by atoms with Crippen molar-refractivity contribution in [1.82, 2.24) is 0 Å². The van der Waals surface area contributed by atoms with Crippen molar-refractivity contribution in [1.29, 1.82) is 0 Å². The average Bonchev–Trinajstić information content (AvgIpc) is 3.00. The number of hydrogen-bond donors (Lipinski definition) is 1. The quantitative estimate of drug-likeness (QED) is 0.247. The zero-order chi connectivity index (χ0) is 26.6. The monoisotopic (exact) mass is 504 g/mol. The summed E-state index contributed by atoms with van der Waals surface area (Å²) in [6.45, 7) is 2.23. The van der Waals surface area contributed by atoms with E-state index in [0.717, 1.165) is 29.2 Å². The minimum atomic E-state index is 0.969. The molecule has 6 rings (SSSR count). The van der Waals surface area contributed by atoms with Crippen molar-refractivity contribution >= 4 is 39.1 Å². The summed E-state index contributed by atoms with van der Waals surface area (Å²) in [5.41, 5.74) is 10.8. The second kappa shape index (κ2) is 10.9. The van der Waals surface area contributed by atoms with Crippen LogP contribution in [0.15, 0.2) is 145 Å². The van der Waals surface area contributed by atoms with Gasteiger partial charge in [0.1, 0.15) is 0 Å². The fraction of sp³-hybridized carbons (Fsp3) is 0.0811. The number of aryl methyl sites for hydroxylation is 1. The predicted molar refractivity (Wildman–Crippen MR) is 168 cm³/mol. The Balaban J connectivity index is 1.54. The number of hydrogen-bond acceptors (Lipinski definition) is 2. The van der Waals surface area contributed by atoms with E-state index in [1.54, 1.807) is 0 Å². The second-order valence-electron chi connectivity index (χ2n) is 9.83. The van der Waals surface area contributed by atoms with Crippen molar-refractivity contribution in [3.05, 3.63) is 162 Å². The molecule has 0 radical (unpaired) electrons. The molecule has 5 aromatic carbocycles. The molecule has 0 atom stereocenters. The first kappa shape index (κ1) is 24.5. The highest BCUT2D eigenvalue weighted by Gasteiger charge is 2.19. The Morgan fingerprint density at radius 2 is 1.21 bits per heavy atom. The molecule has 0 saturated carbocycles. The van der Waals surface area contributed by atoms with Crippen LogP contribution in [0.2, 0.25) is 0 Å². The highest BCUT2D eigenvalue weighted by Crippen LogP contribution is 2.40. The Bertz CT molecular complexity index is 1660. The summed E-state index contributed by atoms with van der Waals surface area (Å²) in [5.74, 6) is 0. The summed E-state index contributed by atoms with van der Waals surface area (Å²) in [5, 5.41) is 5.85. The standard InChI is InChI=1S/C37H32N2/c1-27-26-31(39(29-16-8-4-9-17-29)30-18-10-5-11-19-30)22-23-32(27)37(28-14-6-3-7-15-28)35-24-25-36(38-2)34-21-13-12-20-33(34)35/h4-26,38H,3H2,1-2H3. The molecule has 0 heterocycles. The Morgan fingerprint density at radius 3 is 1.82 bits per heavy atom. The molecule has 2 nitrogen and oxygen atoms in total. The second-order valence-corrected chi connectivity index (χ2v) is 9.83. The molecule has 0 spiro atoms. The van der Waals surface area contributed by atoms with Crippen LogP contribution < -0.4 is 10.2 Å². The number of anilines is 4. The van der Waals surface area contributed by atoms with E-state index < -0.39 is 0 Å². The first-order valence-corrected chi connectivity index (χ1v) is 13.5. The van der Waals surface area contributed by atoms with Gasteiger partial charge in [0.2, 0.25) is 0 Å². The number of allylic oxidation sites excluding steroid dienone is 5. The predicted octanol–water partition coefficient (Wildman–Crippen LogP) is 9.98. The number of nitrogens with one attached hydrogen (secondary N) is 1. The zero-order valence-electron chi connectivity index (χ0n) is 22.4. The lowest BCUT2D eigenvalue weighted by atomic mass is 9.86. The maximum absolute atomic E-state index is 3.37. The summed E-state index contributed by atoms with van der Waals surface area (Å²) in [6.07, 6.45) is 10.00. The van der Waals surface area contributed by atoms with E-state index in [0.29, 0.717) is 0 Å². The molecule has 190 valence electrons. The van der Waals surface area contributed by atoms with Crippen LogP contribution in [-0.2, 0) is 0 Å². The summed E-state index contributed by atoms with van der Waals surface area (Å²) in [6, 6.07) is 41.2. The average molecular weight is 505 g/mol. The van der Waals surface area contributed by atoms with E-state index in [1.807, 2.05) is 7.05 Å². The summed E-state index contributed by atoms with van der Waals surface area (Å²) in [4.78, 5) is 2.32. The normalized spacial score (nSPS) is 12.5. The number of nitrogens with zero attached hydrogens (tertiary/aromatic N) is 1. The van der Waals surface area contributed by atoms with Crippen molar-refractivity contribution < 1.29 is 0 Å². The van der Waals surface area contributed by atoms with E-state index in [-0.39, 0.29) is 0 Å². The molecule has 0 fully saturated rings. The van der Waals surface area contributed by atoms with Crippen LogP contribution in [-0.4, -0.2) is 7.05 Å². The van der Waals surface area contributed by atoms with E-state index in [1.165, 1.54) is 38.6 Å². The van der Waals surface area contributed by atoms with Crippen LogP contribution >= 0.6 is 0 Å². The highest BCUT2D eigenvalue weighted by atomic mass is 15.1. The fourth-order valence-corrected chi connectivity index (χ4v) is 5.55. The van der Waals surface area contributed by atoms with E-state index in [9.17, 15) is 0 Å². The summed E-state index contributed by atoms with van der Waals surface area (Å²) < 4.78 is 0. The van der Waals surface area contributed by atoms with Gasteiger partial charge in [-0.05, 0) is 89.0 Å². The molecule has 0 amide bonds. The lowest BCUT2D eigenvalue weighted by Gasteiger charge is -2.27. The smallest absolute Gasteiger partial charge is 0.0464 e. The van der Waals surface area contributed by atoms with Crippen LogP contribution in [0.5, 0.6) is 0 Å². The van der Waals surface area contributed by atoms with Gasteiger partial charge < -0.3 is 10.2 Å². The van der Waals surface area contributed by atoms with Crippen molar-refractivity contribution in [2.75, 3.05) is 17.3 Å². The van der Waals surface area contributed by atoms with Crippen molar-refractivity contribution in [3.63, 3.8) is 0 Å². The Kier molecular flexibility index (Phi) is 6.84. The van der Waals surface area contributed by atoms with Gasteiger partial charge in [0.15, 0.2) is 0 Å². The molecular weight excluding hydrogens is 472 g/mol. The van der Waals surface area contributed by atoms with Crippen LogP contribution in [0.4, 0.5) is 22.7 Å². The van der Waals surface area contributed by atoms with Crippen molar-refractivity contribution in [3.8, 4) is 0 Å². The molecule has 5 aromatic rings. The lowest BCUT2D eigenvalue weighted by Crippen LogP contribution is -2.10. The van der Waals surface area contributed by atoms with Gasteiger partial charge in [-0.25, -0.2) is 0 Å². The van der Waals surface area contributed by atoms with Gasteiger partial charge in [0, 0.05) is 35.2 Å². The maximum atomic E-state index is 3.37. The molecule has 0 saturated heterocycles. The first-order valence-electron chi connectivity index (χ1n) is 13.5. The number of fused-ring (bicyclic) bond motifs is 1. The van der Waals surface area contributed by atoms with Crippen LogP contribution in [0.25, 0.3) is 16.3 Å². The molecule has 1 N–H and O–H groups in total. The van der Waals surface area contributed by atoms with E-state index in [4.69, 9.17) is 0 Å². The molecule has 1 aliphatic carbocycles. The third kappa shape index (κ3) is 4.78. The van der Waals surface area contributed by atoms with E-state index >= 15 is 0 Å².